The molecular formula is C20H24N2O8S2. The summed E-state index contributed by atoms with van der Waals surface area (Å²) in [5, 5.41) is 19.3. The van der Waals surface area contributed by atoms with Crippen LogP contribution in [0.25, 0.3) is 0 Å². The highest BCUT2D eigenvalue weighted by molar-refractivity contribution is 8.15. The fourth-order valence-electron chi connectivity index (χ4n) is 2.98. The second-order valence-electron chi connectivity index (χ2n) is 7.17. The molecule has 2 atom stereocenters. The Labute approximate surface area is 193 Å². The Bertz CT molecular complexity index is 750. The molecule has 0 bridgehead atoms. The molecule has 0 radical (unpaired) electrons. The smallest absolute Gasteiger partial charge is 0.288 e. The summed E-state index contributed by atoms with van der Waals surface area (Å²) in [6.45, 7) is 0.351. The Morgan fingerprint density at radius 3 is 1.44 bits per heavy atom. The summed E-state index contributed by atoms with van der Waals surface area (Å²) >= 11 is 1.86. The highest BCUT2D eigenvalue weighted by Gasteiger charge is 2.32. The Hall–Kier alpha value is -2.28. The van der Waals surface area contributed by atoms with Gasteiger partial charge in [0.25, 0.3) is 10.5 Å². The number of aliphatic hydroxyl groups is 2. The number of benzene rings is 1. The van der Waals surface area contributed by atoms with Gasteiger partial charge in [-0.15, -0.1) is 0 Å². The van der Waals surface area contributed by atoms with Gasteiger partial charge in [-0.3, -0.25) is 29.0 Å². The number of hydrogen-bond acceptors (Lipinski definition) is 10. The molecule has 12 heteroatoms. The molecule has 2 N–H and O–H groups in total. The Morgan fingerprint density at radius 1 is 0.750 bits per heavy atom. The lowest BCUT2D eigenvalue weighted by atomic mass is 10.2. The van der Waals surface area contributed by atoms with Gasteiger partial charge in [-0.25, -0.2) is 0 Å². The first kappa shape index (κ1) is 24.4. The number of aliphatic hydroxyl groups excluding tert-OH is 2. The van der Waals surface area contributed by atoms with Gasteiger partial charge in [0.2, 0.25) is 11.8 Å². The van der Waals surface area contributed by atoms with Crippen molar-refractivity contribution in [2.24, 2.45) is 0 Å². The predicted molar refractivity (Wildman–Crippen MR) is 118 cm³/mol. The number of rotatable bonds is 12. The number of nitrogens with zero attached hydrogens (tertiary/aromatic N) is 2. The van der Waals surface area contributed by atoms with Gasteiger partial charge >= 0.3 is 0 Å². The second kappa shape index (κ2) is 11.5. The first-order valence-corrected chi connectivity index (χ1v) is 12.0. The molecule has 10 nitrogen and oxygen atoms in total. The Kier molecular flexibility index (Phi) is 8.79. The van der Waals surface area contributed by atoms with Crippen LogP contribution in [-0.4, -0.2) is 92.3 Å². The number of thioether (sulfide) groups is 2. The quantitative estimate of drug-likeness (QED) is 0.448. The van der Waals surface area contributed by atoms with Gasteiger partial charge in [-0.1, -0.05) is 23.5 Å². The molecule has 0 saturated carbocycles. The number of β-amino-alcohol motifs (C(OH)–C–C–N with tert-alkyl or cyclic N) is 2. The highest BCUT2D eigenvalue weighted by atomic mass is 32.2. The van der Waals surface area contributed by atoms with Crippen molar-refractivity contribution in [1.29, 1.82) is 0 Å². The van der Waals surface area contributed by atoms with Crippen molar-refractivity contribution in [1.82, 2.24) is 9.80 Å². The van der Waals surface area contributed by atoms with Crippen LogP contribution in [0.15, 0.2) is 24.3 Å². The second-order valence-corrected chi connectivity index (χ2v) is 9.02. The molecule has 3 rings (SSSR count). The molecule has 0 spiro atoms. The average molecular weight is 485 g/mol. The maximum Gasteiger partial charge on any atom is 0.288 e. The van der Waals surface area contributed by atoms with Gasteiger partial charge in [0.05, 0.1) is 50.0 Å². The summed E-state index contributed by atoms with van der Waals surface area (Å²) in [5.74, 6) is 0.785. The zero-order valence-corrected chi connectivity index (χ0v) is 18.8. The maximum atomic E-state index is 11.5. The lowest BCUT2D eigenvalue weighted by molar-refractivity contribution is -0.126. The SMILES string of the molecule is O=C1CSC(=O)N1CC(O)CCOc1ccc(OCCC(O)CN2C(=O)CSC2=O)cc1. The average Bonchev–Trinajstić information content (AvgIpc) is 3.25. The molecule has 1 aromatic carbocycles. The van der Waals surface area contributed by atoms with E-state index in [2.05, 4.69) is 0 Å². The van der Waals surface area contributed by atoms with E-state index < -0.39 is 12.2 Å². The maximum absolute atomic E-state index is 11.5. The van der Waals surface area contributed by atoms with Crippen LogP contribution in [-0.2, 0) is 9.59 Å². The minimum atomic E-state index is -0.861. The third kappa shape index (κ3) is 6.86. The minimum Gasteiger partial charge on any atom is -0.493 e. The molecule has 2 aliphatic rings. The van der Waals surface area contributed by atoms with Crippen molar-refractivity contribution in [2.45, 2.75) is 25.0 Å². The third-order valence-corrected chi connectivity index (χ3v) is 6.45. The lowest BCUT2D eigenvalue weighted by Crippen LogP contribution is -2.36. The number of ether oxygens (including phenoxy) is 2. The molecule has 2 unspecified atom stereocenters. The van der Waals surface area contributed by atoms with Crippen LogP contribution in [0.1, 0.15) is 12.8 Å². The zero-order chi connectivity index (χ0) is 23.1. The number of imide groups is 2. The fraction of sp³-hybridized carbons (Fsp3) is 0.500. The zero-order valence-electron chi connectivity index (χ0n) is 17.2. The molecular weight excluding hydrogens is 460 g/mol. The molecule has 2 fully saturated rings. The molecule has 0 aliphatic carbocycles. The molecule has 2 saturated heterocycles. The summed E-state index contributed by atoms with van der Waals surface area (Å²) < 4.78 is 11.1. The fourth-order valence-corrected chi connectivity index (χ4v) is 4.45. The van der Waals surface area contributed by atoms with Crippen LogP contribution < -0.4 is 9.47 Å². The van der Waals surface area contributed by atoms with Crippen LogP contribution in [0.2, 0.25) is 0 Å². The van der Waals surface area contributed by atoms with Gasteiger partial charge in [0, 0.05) is 12.8 Å². The van der Waals surface area contributed by atoms with E-state index in [0.29, 0.717) is 11.5 Å². The van der Waals surface area contributed by atoms with E-state index in [1.165, 1.54) is 0 Å². The van der Waals surface area contributed by atoms with E-state index in [0.717, 1.165) is 33.3 Å². The normalized spacial score (nSPS) is 18.4. The molecule has 32 heavy (non-hydrogen) atoms. The summed E-state index contributed by atoms with van der Waals surface area (Å²) in [7, 11) is 0. The molecule has 0 aromatic heterocycles. The van der Waals surface area contributed by atoms with Gasteiger partial charge in [-0.2, -0.15) is 0 Å². The molecule has 174 valence electrons. The first-order chi connectivity index (χ1) is 15.3. The number of carbonyl (C=O) groups is 4. The Morgan fingerprint density at radius 2 is 1.12 bits per heavy atom. The van der Waals surface area contributed by atoms with Crippen LogP contribution in [0.5, 0.6) is 11.5 Å². The monoisotopic (exact) mass is 484 g/mol. The molecule has 4 amide bonds. The van der Waals surface area contributed by atoms with Crippen LogP contribution in [0.3, 0.4) is 0 Å². The molecule has 1 aromatic rings. The van der Waals surface area contributed by atoms with Gasteiger partial charge in [-0.05, 0) is 24.3 Å². The standard InChI is InChI=1S/C20H24N2O8S2/c23-13(9-21-17(25)11-31-19(21)27)5-7-29-15-1-2-16(4-3-15)30-8-6-14(24)10-22-18(26)12-32-20(22)28/h1-4,13-14,23-24H,5-12H2. The summed E-state index contributed by atoms with van der Waals surface area (Å²) in [6, 6.07) is 6.78. The third-order valence-electron chi connectivity index (χ3n) is 4.73. The largest absolute Gasteiger partial charge is 0.493 e. The van der Waals surface area contributed by atoms with E-state index >= 15 is 0 Å². The van der Waals surface area contributed by atoms with E-state index in [9.17, 15) is 29.4 Å². The van der Waals surface area contributed by atoms with Crippen LogP contribution in [0.4, 0.5) is 9.59 Å². The van der Waals surface area contributed by atoms with Crippen molar-refractivity contribution in [3.63, 3.8) is 0 Å². The van der Waals surface area contributed by atoms with Gasteiger partial charge < -0.3 is 19.7 Å². The summed E-state index contributed by atoms with van der Waals surface area (Å²) in [5.41, 5.74) is 0. The topological polar surface area (TPSA) is 134 Å². The lowest BCUT2D eigenvalue weighted by Gasteiger charge is -2.18. The van der Waals surface area contributed by atoms with E-state index in [1.54, 1.807) is 24.3 Å². The van der Waals surface area contributed by atoms with Crippen molar-refractivity contribution < 1.29 is 38.9 Å². The predicted octanol–water partition coefficient (Wildman–Crippen LogP) is 1.34. The van der Waals surface area contributed by atoms with Crippen molar-refractivity contribution in [3.8, 4) is 11.5 Å². The van der Waals surface area contributed by atoms with Crippen molar-refractivity contribution in [2.75, 3.05) is 37.8 Å². The molecule has 2 aliphatic heterocycles. The van der Waals surface area contributed by atoms with Crippen LogP contribution in [0, 0.1) is 0 Å². The van der Waals surface area contributed by atoms with Gasteiger partial charge in [0.1, 0.15) is 11.5 Å². The number of carbonyl (C=O) groups excluding carboxylic acids is 4. The van der Waals surface area contributed by atoms with Crippen molar-refractivity contribution in [3.05, 3.63) is 24.3 Å². The van der Waals surface area contributed by atoms with Gasteiger partial charge in [0.15, 0.2) is 0 Å². The summed E-state index contributed by atoms with van der Waals surface area (Å²) in [4.78, 5) is 48.3. The van der Waals surface area contributed by atoms with Crippen molar-refractivity contribution >= 4 is 45.8 Å². The summed E-state index contributed by atoms with van der Waals surface area (Å²) in [6.07, 6.45) is -1.20. The van der Waals surface area contributed by atoms with E-state index in [1.807, 2.05) is 0 Å². The van der Waals surface area contributed by atoms with E-state index in [-0.39, 0.29) is 72.9 Å². The number of amides is 4. The first-order valence-electron chi connectivity index (χ1n) is 9.99. The molecule has 2 heterocycles. The van der Waals surface area contributed by atoms with E-state index in [4.69, 9.17) is 9.47 Å². The number of hydrogen-bond donors (Lipinski definition) is 2. The van der Waals surface area contributed by atoms with Crippen LogP contribution >= 0.6 is 23.5 Å². The Balaban J connectivity index is 1.31. The highest BCUT2D eigenvalue weighted by Crippen LogP contribution is 2.21. The minimum absolute atomic E-state index is 0.0361.